The summed E-state index contributed by atoms with van der Waals surface area (Å²) >= 11 is 1.67. The first-order valence-corrected chi connectivity index (χ1v) is 6.17. The lowest BCUT2D eigenvalue weighted by atomic mass is 10.0. The van der Waals surface area contributed by atoms with E-state index in [0.717, 1.165) is 18.8 Å². The minimum absolute atomic E-state index is 0.118. The number of nitrogens with one attached hydrogen (secondary N) is 2. The first kappa shape index (κ1) is 10.5. The van der Waals surface area contributed by atoms with Gasteiger partial charge in [0, 0.05) is 23.7 Å². The van der Waals surface area contributed by atoms with Crippen molar-refractivity contribution in [1.82, 2.24) is 5.32 Å². The summed E-state index contributed by atoms with van der Waals surface area (Å²) in [7, 11) is 0. The fourth-order valence-corrected chi connectivity index (χ4v) is 1.88. The Morgan fingerprint density at radius 1 is 1.53 bits per heavy atom. The number of thioether (sulfide) groups is 1. The summed E-state index contributed by atoms with van der Waals surface area (Å²) in [5.41, 5.74) is 0.888. The molecular weight excluding hydrogens is 208 g/mol. The highest BCUT2D eigenvalue weighted by Gasteiger charge is 2.24. The average molecular weight is 222 g/mol. The van der Waals surface area contributed by atoms with Gasteiger partial charge in [0.15, 0.2) is 0 Å². The molecule has 2 rings (SSSR count). The van der Waals surface area contributed by atoms with Crippen molar-refractivity contribution < 1.29 is 4.79 Å². The number of carbonyl (C=O) groups excluding carboxylic acids is 1. The van der Waals surface area contributed by atoms with Crippen LogP contribution >= 0.6 is 11.8 Å². The van der Waals surface area contributed by atoms with E-state index in [9.17, 15) is 4.79 Å². The predicted octanol–water partition coefficient (Wildman–Crippen LogP) is 1.57. The van der Waals surface area contributed by atoms with E-state index in [-0.39, 0.29) is 11.8 Å². The van der Waals surface area contributed by atoms with Gasteiger partial charge in [-0.25, -0.2) is 0 Å². The van der Waals surface area contributed by atoms with Crippen LogP contribution in [0.1, 0.15) is 0 Å². The zero-order valence-corrected chi connectivity index (χ0v) is 9.43. The maximum Gasteiger partial charge on any atom is 0.230 e. The summed E-state index contributed by atoms with van der Waals surface area (Å²) in [4.78, 5) is 12.8. The molecule has 1 aliphatic rings. The van der Waals surface area contributed by atoms with Gasteiger partial charge in [0.05, 0.1) is 5.92 Å². The fraction of sp³-hybridized carbons (Fsp3) is 0.364. The Labute approximate surface area is 93.6 Å². The third-order valence-electron chi connectivity index (χ3n) is 2.49. The number of carbonyl (C=O) groups is 1. The number of benzene rings is 1. The highest BCUT2D eigenvalue weighted by Crippen LogP contribution is 2.19. The van der Waals surface area contributed by atoms with Crippen molar-refractivity contribution >= 4 is 23.4 Å². The molecular formula is C11H14N2OS. The normalized spacial score (nSPS) is 15.8. The van der Waals surface area contributed by atoms with Crippen LogP contribution in [0.3, 0.4) is 0 Å². The van der Waals surface area contributed by atoms with Crippen LogP contribution in [-0.2, 0) is 4.79 Å². The molecule has 2 N–H and O–H groups in total. The standard InChI is InChI=1S/C11H14N2OS/c1-15-10-4-2-3-9(5-10)13-11(14)8-6-12-7-8/h2-5,8,12H,6-7H2,1H3,(H,13,14). The molecule has 0 aliphatic carbocycles. The molecule has 4 heteroatoms. The highest BCUT2D eigenvalue weighted by molar-refractivity contribution is 7.98. The zero-order valence-electron chi connectivity index (χ0n) is 8.62. The second-order valence-corrected chi connectivity index (χ2v) is 4.46. The molecule has 1 fully saturated rings. The van der Waals surface area contributed by atoms with Crippen LogP contribution in [0.2, 0.25) is 0 Å². The molecule has 0 atom stereocenters. The van der Waals surface area contributed by atoms with Gasteiger partial charge in [-0.05, 0) is 24.5 Å². The Bertz CT molecular complexity index is 363. The highest BCUT2D eigenvalue weighted by atomic mass is 32.2. The molecule has 1 aliphatic heterocycles. The van der Waals surface area contributed by atoms with Crippen molar-refractivity contribution in [2.24, 2.45) is 5.92 Å². The molecule has 1 aromatic rings. The van der Waals surface area contributed by atoms with Gasteiger partial charge in [-0.3, -0.25) is 4.79 Å². The predicted molar refractivity (Wildman–Crippen MR) is 63.2 cm³/mol. The molecule has 0 radical (unpaired) electrons. The quantitative estimate of drug-likeness (QED) is 0.763. The van der Waals surface area contributed by atoms with E-state index >= 15 is 0 Å². The van der Waals surface area contributed by atoms with Crippen molar-refractivity contribution in [3.8, 4) is 0 Å². The summed E-state index contributed by atoms with van der Waals surface area (Å²) in [5.74, 6) is 0.259. The molecule has 0 bridgehead atoms. The Morgan fingerprint density at radius 3 is 2.93 bits per heavy atom. The molecule has 1 heterocycles. The number of amides is 1. The maximum atomic E-state index is 11.6. The molecule has 0 aromatic heterocycles. The van der Waals surface area contributed by atoms with Crippen LogP contribution in [0, 0.1) is 5.92 Å². The molecule has 80 valence electrons. The van der Waals surface area contributed by atoms with Crippen molar-refractivity contribution in [3.63, 3.8) is 0 Å². The van der Waals surface area contributed by atoms with E-state index in [1.54, 1.807) is 11.8 Å². The second-order valence-electron chi connectivity index (χ2n) is 3.58. The van der Waals surface area contributed by atoms with Crippen LogP contribution in [0.4, 0.5) is 5.69 Å². The Morgan fingerprint density at radius 2 is 2.33 bits per heavy atom. The maximum absolute atomic E-state index is 11.6. The van der Waals surface area contributed by atoms with E-state index in [1.165, 1.54) is 4.90 Å². The first-order valence-electron chi connectivity index (χ1n) is 4.95. The van der Waals surface area contributed by atoms with Gasteiger partial charge in [0.2, 0.25) is 5.91 Å². The number of anilines is 1. The van der Waals surface area contributed by atoms with Gasteiger partial charge in [-0.15, -0.1) is 11.8 Å². The van der Waals surface area contributed by atoms with Crippen LogP contribution in [0.25, 0.3) is 0 Å². The van der Waals surface area contributed by atoms with Crippen LogP contribution < -0.4 is 10.6 Å². The van der Waals surface area contributed by atoms with E-state index in [2.05, 4.69) is 10.6 Å². The van der Waals surface area contributed by atoms with Gasteiger partial charge in [0.25, 0.3) is 0 Å². The van der Waals surface area contributed by atoms with Crippen molar-refractivity contribution in [2.45, 2.75) is 4.90 Å². The van der Waals surface area contributed by atoms with E-state index < -0.39 is 0 Å². The van der Waals surface area contributed by atoms with E-state index in [1.807, 2.05) is 30.5 Å². The summed E-state index contributed by atoms with van der Waals surface area (Å²) in [6, 6.07) is 7.91. The first-order chi connectivity index (χ1) is 7.29. The minimum atomic E-state index is 0.118. The van der Waals surface area contributed by atoms with E-state index in [4.69, 9.17) is 0 Å². The monoisotopic (exact) mass is 222 g/mol. The number of rotatable bonds is 3. The van der Waals surface area contributed by atoms with Crippen molar-refractivity contribution in [2.75, 3.05) is 24.7 Å². The molecule has 3 nitrogen and oxygen atoms in total. The third kappa shape index (κ3) is 2.52. The largest absolute Gasteiger partial charge is 0.326 e. The van der Waals surface area contributed by atoms with Crippen LogP contribution in [0.5, 0.6) is 0 Å². The van der Waals surface area contributed by atoms with Gasteiger partial charge in [-0.2, -0.15) is 0 Å². The summed E-state index contributed by atoms with van der Waals surface area (Å²) < 4.78 is 0. The van der Waals surface area contributed by atoms with Gasteiger partial charge >= 0.3 is 0 Å². The molecule has 1 aromatic carbocycles. The molecule has 1 saturated heterocycles. The second kappa shape index (κ2) is 4.68. The summed E-state index contributed by atoms with van der Waals surface area (Å²) in [6.07, 6.45) is 2.02. The third-order valence-corrected chi connectivity index (χ3v) is 3.21. The molecule has 0 spiro atoms. The lowest BCUT2D eigenvalue weighted by Crippen LogP contribution is -2.48. The number of hydrogen-bond donors (Lipinski definition) is 2. The molecule has 1 amide bonds. The van der Waals surface area contributed by atoms with Gasteiger partial charge in [0.1, 0.15) is 0 Å². The fourth-order valence-electron chi connectivity index (χ4n) is 1.42. The number of hydrogen-bond acceptors (Lipinski definition) is 3. The smallest absolute Gasteiger partial charge is 0.230 e. The lowest BCUT2D eigenvalue weighted by molar-refractivity contribution is -0.121. The van der Waals surface area contributed by atoms with Crippen molar-refractivity contribution in [1.29, 1.82) is 0 Å². The van der Waals surface area contributed by atoms with E-state index in [0.29, 0.717) is 0 Å². The average Bonchev–Trinajstić information content (AvgIpc) is 2.15. The van der Waals surface area contributed by atoms with Crippen LogP contribution in [-0.4, -0.2) is 25.3 Å². The van der Waals surface area contributed by atoms with Crippen molar-refractivity contribution in [3.05, 3.63) is 24.3 Å². The Kier molecular flexibility index (Phi) is 3.28. The van der Waals surface area contributed by atoms with Crippen LogP contribution in [0.15, 0.2) is 29.2 Å². The van der Waals surface area contributed by atoms with Gasteiger partial charge < -0.3 is 10.6 Å². The van der Waals surface area contributed by atoms with Gasteiger partial charge in [-0.1, -0.05) is 6.07 Å². The minimum Gasteiger partial charge on any atom is -0.326 e. The summed E-state index contributed by atoms with van der Waals surface area (Å²) in [5, 5.41) is 6.01. The molecule has 0 saturated carbocycles. The molecule has 15 heavy (non-hydrogen) atoms. The Hall–Kier alpha value is -1.00. The lowest BCUT2D eigenvalue weighted by Gasteiger charge is -2.25. The molecule has 0 unspecified atom stereocenters. The summed E-state index contributed by atoms with van der Waals surface area (Å²) in [6.45, 7) is 1.60. The SMILES string of the molecule is CSc1cccc(NC(=O)C2CNC2)c1. The zero-order chi connectivity index (χ0) is 10.7. The Balaban J connectivity index is 1.99. The topological polar surface area (TPSA) is 41.1 Å².